The predicted octanol–water partition coefficient (Wildman–Crippen LogP) is 3.23. The Bertz CT molecular complexity index is 414. The summed E-state index contributed by atoms with van der Waals surface area (Å²) in [6.45, 7) is 2.06. The van der Waals surface area contributed by atoms with E-state index in [1.165, 1.54) is 6.08 Å². The first kappa shape index (κ1) is 14.9. The van der Waals surface area contributed by atoms with Crippen LogP contribution in [0.5, 0.6) is 0 Å². The summed E-state index contributed by atoms with van der Waals surface area (Å²) in [6.07, 6.45) is 2.09. The van der Waals surface area contributed by atoms with Gasteiger partial charge in [-0.25, -0.2) is 4.79 Å². The molecule has 0 saturated heterocycles. The lowest BCUT2D eigenvalue weighted by Gasteiger charge is -2.03. The molecule has 1 aromatic rings. The van der Waals surface area contributed by atoms with Crippen molar-refractivity contribution in [2.75, 3.05) is 12.4 Å². The summed E-state index contributed by atoms with van der Waals surface area (Å²) >= 11 is 7.49. The van der Waals surface area contributed by atoms with Crippen molar-refractivity contribution < 1.29 is 9.53 Å². The highest BCUT2D eigenvalue weighted by Gasteiger charge is 1.99. The molecule has 0 fully saturated rings. The van der Waals surface area contributed by atoms with E-state index in [0.29, 0.717) is 12.3 Å². The molecule has 0 aliphatic carbocycles. The van der Waals surface area contributed by atoms with Crippen molar-refractivity contribution >= 4 is 29.3 Å². The van der Waals surface area contributed by atoms with Crippen LogP contribution >= 0.6 is 23.4 Å². The van der Waals surface area contributed by atoms with Gasteiger partial charge in [0.1, 0.15) is 0 Å². The number of esters is 1. The van der Waals surface area contributed by atoms with Gasteiger partial charge in [-0.05, 0) is 37.6 Å². The second-order valence-corrected chi connectivity index (χ2v) is 5.32. The first-order valence-corrected chi connectivity index (χ1v) is 6.93. The number of benzene rings is 1. The molecular formula is C13H16ClNO2S. The molecule has 0 radical (unpaired) electrons. The van der Waals surface area contributed by atoms with Crippen LogP contribution in [0.3, 0.4) is 0 Å². The van der Waals surface area contributed by atoms with Crippen LogP contribution in [0, 0.1) is 0 Å². The standard InChI is InChI=1S/C13H16ClNO2S/c1-10(15)9-13(16)17-7-2-8-18-12-5-3-11(14)4-6-12/h3-6,9H,2,7-8,15H2,1H3/b10-9-. The summed E-state index contributed by atoms with van der Waals surface area (Å²) in [6, 6.07) is 7.66. The Labute approximate surface area is 116 Å². The number of allylic oxidation sites excluding steroid dienone is 1. The van der Waals surface area contributed by atoms with Gasteiger partial charge in [0.25, 0.3) is 0 Å². The molecule has 0 atom stereocenters. The van der Waals surface area contributed by atoms with Crippen molar-refractivity contribution in [3.63, 3.8) is 0 Å². The number of hydrogen-bond acceptors (Lipinski definition) is 4. The minimum atomic E-state index is -0.383. The molecule has 98 valence electrons. The second kappa shape index (κ2) is 8.06. The maximum atomic E-state index is 11.1. The van der Waals surface area contributed by atoms with Crippen molar-refractivity contribution in [1.29, 1.82) is 0 Å². The normalized spacial score (nSPS) is 11.3. The van der Waals surface area contributed by atoms with Gasteiger partial charge in [0.2, 0.25) is 0 Å². The molecule has 0 heterocycles. The van der Waals surface area contributed by atoms with Gasteiger partial charge in [0, 0.05) is 27.4 Å². The van der Waals surface area contributed by atoms with Gasteiger partial charge in [0.05, 0.1) is 6.61 Å². The molecule has 0 amide bonds. The van der Waals surface area contributed by atoms with E-state index >= 15 is 0 Å². The molecule has 1 aromatic carbocycles. The zero-order valence-corrected chi connectivity index (χ0v) is 11.8. The van der Waals surface area contributed by atoms with Crippen molar-refractivity contribution in [2.24, 2.45) is 5.73 Å². The summed E-state index contributed by atoms with van der Waals surface area (Å²) in [4.78, 5) is 12.3. The Morgan fingerprint density at radius 3 is 2.72 bits per heavy atom. The highest BCUT2D eigenvalue weighted by molar-refractivity contribution is 7.99. The molecule has 0 aromatic heterocycles. The SMILES string of the molecule is C/C(N)=C/C(=O)OCCCSc1ccc(Cl)cc1. The molecule has 0 aliphatic heterocycles. The van der Waals surface area contributed by atoms with E-state index < -0.39 is 0 Å². The Hall–Kier alpha value is -1.13. The smallest absolute Gasteiger partial charge is 0.332 e. The molecule has 0 saturated carbocycles. The number of halogens is 1. The second-order valence-electron chi connectivity index (χ2n) is 3.71. The molecule has 1 rings (SSSR count). The average molecular weight is 286 g/mol. The highest BCUT2D eigenvalue weighted by Crippen LogP contribution is 2.20. The predicted molar refractivity (Wildman–Crippen MR) is 75.7 cm³/mol. The number of hydrogen-bond donors (Lipinski definition) is 1. The lowest BCUT2D eigenvalue weighted by Crippen LogP contribution is -2.06. The van der Waals surface area contributed by atoms with E-state index in [2.05, 4.69) is 0 Å². The van der Waals surface area contributed by atoms with Crippen LogP contribution in [-0.2, 0) is 9.53 Å². The Kier molecular flexibility index (Phi) is 6.68. The lowest BCUT2D eigenvalue weighted by molar-refractivity contribution is -0.137. The lowest BCUT2D eigenvalue weighted by atomic mass is 10.4. The van der Waals surface area contributed by atoms with Gasteiger partial charge in [-0.3, -0.25) is 0 Å². The summed E-state index contributed by atoms with van der Waals surface area (Å²) < 4.78 is 4.98. The number of rotatable bonds is 6. The van der Waals surface area contributed by atoms with Gasteiger partial charge >= 0.3 is 5.97 Å². The minimum Gasteiger partial charge on any atom is -0.462 e. The van der Waals surface area contributed by atoms with Crippen LogP contribution in [0.4, 0.5) is 0 Å². The third-order valence-corrected chi connectivity index (χ3v) is 3.31. The van der Waals surface area contributed by atoms with Crippen molar-refractivity contribution in [2.45, 2.75) is 18.2 Å². The zero-order chi connectivity index (χ0) is 13.4. The maximum Gasteiger partial charge on any atom is 0.332 e. The number of carbonyl (C=O) groups is 1. The van der Waals surface area contributed by atoms with Crippen LogP contribution in [-0.4, -0.2) is 18.3 Å². The molecule has 2 N–H and O–H groups in total. The molecule has 0 spiro atoms. The Morgan fingerprint density at radius 1 is 1.44 bits per heavy atom. The van der Waals surface area contributed by atoms with Gasteiger partial charge < -0.3 is 10.5 Å². The summed E-state index contributed by atoms with van der Waals surface area (Å²) in [5, 5.41) is 0.734. The molecule has 3 nitrogen and oxygen atoms in total. The van der Waals surface area contributed by atoms with Crippen LogP contribution in [0.25, 0.3) is 0 Å². The summed E-state index contributed by atoms with van der Waals surface area (Å²) in [5.74, 6) is 0.506. The summed E-state index contributed by atoms with van der Waals surface area (Å²) in [5.41, 5.74) is 5.81. The van der Waals surface area contributed by atoms with E-state index in [0.717, 1.165) is 22.1 Å². The molecule has 5 heteroatoms. The minimum absolute atomic E-state index is 0.383. The molecule has 0 bridgehead atoms. The van der Waals surface area contributed by atoms with Crippen LogP contribution < -0.4 is 5.73 Å². The quantitative estimate of drug-likeness (QED) is 0.377. The van der Waals surface area contributed by atoms with Gasteiger partial charge in [-0.15, -0.1) is 11.8 Å². The fourth-order valence-corrected chi connectivity index (χ4v) is 2.13. The number of nitrogens with two attached hydrogens (primary N) is 1. The van der Waals surface area contributed by atoms with E-state index in [1.54, 1.807) is 18.7 Å². The third kappa shape index (κ3) is 6.57. The molecule has 0 aliphatic rings. The fourth-order valence-electron chi connectivity index (χ4n) is 1.18. The van der Waals surface area contributed by atoms with Gasteiger partial charge in [-0.1, -0.05) is 11.6 Å². The molecular weight excluding hydrogens is 270 g/mol. The van der Waals surface area contributed by atoms with Crippen LogP contribution in [0.2, 0.25) is 5.02 Å². The summed E-state index contributed by atoms with van der Waals surface area (Å²) in [7, 11) is 0. The van der Waals surface area contributed by atoms with E-state index in [9.17, 15) is 4.79 Å². The highest BCUT2D eigenvalue weighted by atomic mass is 35.5. The first-order chi connectivity index (χ1) is 8.58. The largest absolute Gasteiger partial charge is 0.462 e. The first-order valence-electron chi connectivity index (χ1n) is 5.57. The number of carbonyl (C=O) groups excluding carboxylic acids is 1. The Balaban J connectivity index is 2.14. The number of ether oxygens (including phenoxy) is 1. The van der Waals surface area contributed by atoms with Crippen LogP contribution in [0.1, 0.15) is 13.3 Å². The van der Waals surface area contributed by atoms with Crippen molar-refractivity contribution in [3.05, 3.63) is 41.1 Å². The fraction of sp³-hybridized carbons (Fsp3) is 0.308. The van der Waals surface area contributed by atoms with E-state index in [4.69, 9.17) is 22.1 Å². The molecule has 18 heavy (non-hydrogen) atoms. The van der Waals surface area contributed by atoms with E-state index in [-0.39, 0.29) is 5.97 Å². The van der Waals surface area contributed by atoms with Gasteiger partial charge in [-0.2, -0.15) is 0 Å². The zero-order valence-electron chi connectivity index (χ0n) is 10.2. The van der Waals surface area contributed by atoms with Gasteiger partial charge in [0.15, 0.2) is 0 Å². The topological polar surface area (TPSA) is 52.3 Å². The third-order valence-electron chi connectivity index (χ3n) is 1.96. The van der Waals surface area contributed by atoms with E-state index in [1.807, 2.05) is 24.3 Å². The number of thioether (sulfide) groups is 1. The Morgan fingerprint density at radius 2 is 2.11 bits per heavy atom. The average Bonchev–Trinajstić information content (AvgIpc) is 2.30. The van der Waals surface area contributed by atoms with Crippen molar-refractivity contribution in [1.82, 2.24) is 0 Å². The molecule has 0 unspecified atom stereocenters. The maximum absolute atomic E-state index is 11.1. The van der Waals surface area contributed by atoms with Crippen molar-refractivity contribution in [3.8, 4) is 0 Å². The monoisotopic (exact) mass is 285 g/mol. The van der Waals surface area contributed by atoms with Crippen LogP contribution in [0.15, 0.2) is 40.9 Å².